The van der Waals surface area contributed by atoms with Crippen LogP contribution in [-0.4, -0.2) is 52.0 Å². The number of ether oxygens (including phenoxy) is 1. The summed E-state index contributed by atoms with van der Waals surface area (Å²) in [5, 5.41) is 12.3. The maximum atomic E-state index is 13.5. The molecule has 3 heterocycles. The molecule has 3 atom stereocenters. The molecule has 9 nitrogen and oxygen atoms in total. The molecular weight excluding hydrogens is 514 g/mol. The minimum Gasteiger partial charge on any atom is -0.457 e. The standard InChI is InChI=1S/C29H29N5O4S/c1-29-11-23(27(36)32-13-21-9-18(16-39-21)26(30)31)34(24(29)12-29)25(35)15-33-14-17-7-8-20(10-22(17)28(33)37)38-19-5-3-2-4-6-19/h2-10,16,23-24H,11-15H2,1H3,(H3,30,31)(H,32,36)/t23-,24-,29+/m0/s1. The highest BCUT2D eigenvalue weighted by Crippen LogP contribution is 2.59. The van der Waals surface area contributed by atoms with Crippen molar-refractivity contribution in [2.45, 2.75) is 44.9 Å². The molecule has 3 amide bonds. The first-order chi connectivity index (χ1) is 18.7. The van der Waals surface area contributed by atoms with E-state index in [1.807, 2.05) is 42.5 Å². The topological polar surface area (TPSA) is 129 Å². The molecule has 10 heteroatoms. The highest BCUT2D eigenvalue weighted by atomic mass is 32.1. The third kappa shape index (κ3) is 4.76. The summed E-state index contributed by atoms with van der Waals surface area (Å²) < 4.78 is 5.88. The van der Waals surface area contributed by atoms with E-state index in [0.717, 1.165) is 16.9 Å². The van der Waals surface area contributed by atoms with Gasteiger partial charge >= 0.3 is 0 Å². The third-order valence-corrected chi connectivity index (χ3v) is 8.83. The van der Waals surface area contributed by atoms with E-state index in [1.54, 1.807) is 27.3 Å². The Morgan fingerprint density at radius 1 is 1.15 bits per heavy atom. The van der Waals surface area contributed by atoms with E-state index in [4.69, 9.17) is 15.9 Å². The molecule has 1 aliphatic carbocycles. The minimum absolute atomic E-state index is 0.0111. The average Bonchev–Trinajstić information content (AvgIpc) is 3.22. The van der Waals surface area contributed by atoms with Gasteiger partial charge in [0.2, 0.25) is 11.8 Å². The molecule has 1 aromatic heterocycles. The van der Waals surface area contributed by atoms with Crippen LogP contribution in [0.1, 0.15) is 46.1 Å². The monoisotopic (exact) mass is 543 g/mol. The fourth-order valence-corrected chi connectivity index (χ4v) is 6.49. The third-order valence-electron chi connectivity index (χ3n) is 7.89. The Labute approximate surface area is 230 Å². The number of carbonyl (C=O) groups is 3. The second kappa shape index (κ2) is 9.53. The van der Waals surface area contributed by atoms with Crippen molar-refractivity contribution >= 4 is 34.9 Å². The molecule has 0 unspecified atom stereocenters. The zero-order valence-corrected chi connectivity index (χ0v) is 22.3. The van der Waals surface area contributed by atoms with E-state index in [1.165, 1.54) is 11.3 Å². The molecule has 3 aliphatic rings. The molecule has 39 heavy (non-hydrogen) atoms. The molecule has 2 fully saturated rings. The number of amidine groups is 1. The second-order valence-electron chi connectivity index (χ2n) is 10.7. The van der Waals surface area contributed by atoms with Gasteiger partial charge in [-0.2, -0.15) is 0 Å². The predicted molar refractivity (Wildman–Crippen MR) is 147 cm³/mol. The van der Waals surface area contributed by atoms with Gasteiger partial charge in [-0.15, -0.1) is 11.3 Å². The quantitative estimate of drug-likeness (QED) is 0.296. The molecule has 0 radical (unpaired) electrons. The Hall–Kier alpha value is -4.18. The van der Waals surface area contributed by atoms with Crippen molar-refractivity contribution < 1.29 is 19.1 Å². The van der Waals surface area contributed by atoms with Crippen LogP contribution in [-0.2, 0) is 22.7 Å². The van der Waals surface area contributed by atoms with E-state index < -0.39 is 6.04 Å². The number of para-hydroxylation sites is 1. The Bertz CT molecular complexity index is 1490. The molecule has 4 N–H and O–H groups in total. The first-order valence-corrected chi connectivity index (χ1v) is 13.8. The van der Waals surface area contributed by atoms with Gasteiger partial charge in [0.1, 0.15) is 29.9 Å². The Kier molecular flexibility index (Phi) is 6.14. The highest BCUT2D eigenvalue weighted by molar-refractivity contribution is 7.10. The number of rotatable bonds is 8. The molecule has 6 rings (SSSR count). The van der Waals surface area contributed by atoms with Gasteiger partial charge in [-0.05, 0) is 54.2 Å². The second-order valence-corrected chi connectivity index (χ2v) is 11.7. The smallest absolute Gasteiger partial charge is 0.255 e. The molecule has 1 saturated heterocycles. The lowest BCUT2D eigenvalue weighted by Gasteiger charge is -2.28. The summed E-state index contributed by atoms with van der Waals surface area (Å²) in [6, 6.07) is 16.0. The number of nitrogens with two attached hydrogens (primary N) is 1. The molecule has 0 bridgehead atoms. The highest BCUT2D eigenvalue weighted by Gasteiger charge is 2.64. The zero-order valence-electron chi connectivity index (χ0n) is 21.5. The molecule has 3 aromatic rings. The predicted octanol–water partition coefficient (Wildman–Crippen LogP) is 3.48. The van der Waals surface area contributed by atoms with Gasteiger partial charge in [0.05, 0.1) is 6.54 Å². The molecule has 2 aliphatic heterocycles. The van der Waals surface area contributed by atoms with E-state index in [2.05, 4.69) is 12.2 Å². The molecule has 200 valence electrons. The number of hydrogen-bond donors (Lipinski definition) is 3. The van der Waals surface area contributed by atoms with Crippen molar-refractivity contribution in [1.82, 2.24) is 15.1 Å². The van der Waals surface area contributed by atoms with E-state index in [0.29, 0.717) is 42.1 Å². The number of nitrogens with one attached hydrogen (secondary N) is 2. The van der Waals surface area contributed by atoms with Crippen LogP contribution in [0.2, 0.25) is 0 Å². The maximum absolute atomic E-state index is 13.5. The fourth-order valence-electron chi connectivity index (χ4n) is 5.67. The SMILES string of the molecule is C[C@@]12C[C@@H]1N(C(=O)CN1Cc3ccc(Oc4ccccc4)cc3C1=O)[C@H](C(=O)NCc1cc(C(=N)N)cs1)C2. The van der Waals surface area contributed by atoms with Gasteiger partial charge < -0.3 is 25.6 Å². The number of hydrogen-bond acceptors (Lipinski definition) is 6. The van der Waals surface area contributed by atoms with E-state index in [9.17, 15) is 14.4 Å². The first kappa shape index (κ1) is 25.1. The van der Waals surface area contributed by atoms with E-state index >= 15 is 0 Å². The fraction of sp³-hybridized carbons (Fsp3) is 0.310. The van der Waals surface area contributed by atoms with Crippen LogP contribution in [0.15, 0.2) is 60.0 Å². The summed E-state index contributed by atoms with van der Waals surface area (Å²) in [4.78, 5) is 44.1. The van der Waals surface area contributed by atoms with Gasteiger partial charge in [-0.1, -0.05) is 31.2 Å². The van der Waals surface area contributed by atoms with Gasteiger partial charge in [0, 0.05) is 34.0 Å². The zero-order chi connectivity index (χ0) is 27.3. The van der Waals surface area contributed by atoms with Gasteiger partial charge in [0.25, 0.3) is 5.91 Å². The molecular formula is C29H29N5O4S. The number of benzene rings is 2. The van der Waals surface area contributed by atoms with Crippen LogP contribution in [0, 0.1) is 10.8 Å². The number of piperidine rings is 1. The number of thiophene rings is 1. The summed E-state index contributed by atoms with van der Waals surface area (Å²) in [5.74, 6) is 0.607. The Morgan fingerprint density at radius 2 is 1.95 bits per heavy atom. The van der Waals surface area contributed by atoms with E-state index in [-0.39, 0.29) is 41.6 Å². The molecule has 1 saturated carbocycles. The van der Waals surface area contributed by atoms with Gasteiger partial charge in [0.15, 0.2) is 0 Å². The molecule has 0 spiro atoms. The summed E-state index contributed by atoms with van der Waals surface area (Å²) in [5.41, 5.74) is 7.48. The van der Waals surface area contributed by atoms with Crippen LogP contribution in [0.4, 0.5) is 0 Å². The van der Waals surface area contributed by atoms with Crippen LogP contribution in [0.25, 0.3) is 0 Å². The largest absolute Gasteiger partial charge is 0.457 e. The van der Waals surface area contributed by atoms with Gasteiger partial charge in [-0.3, -0.25) is 19.8 Å². The Balaban J connectivity index is 1.11. The number of fused-ring (bicyclic) bond motifs is 2. The minimum atomic E-state index is -0.570. The lowest BCUT2D eigenvalue weighted by molar-refractivity contribution is -0.140. The summed E-state index contributed by atoms with van der Waals surface area (Å²) >= 11 is 1.43. The van der Waals surface area contributed by atoms with Crippen molar-refractivity contribution in [2.24, 2.45) is 11.1 Å². The summed E-state index contributed by atoms with van der Waals surface area (Å²) in [6.07, 6.45) is 1.47. The summed E-state index contributed by atoms with van der Waals surface area (Å²) in [7, 11) is 0. The van der Waals surface area contributed by atoms with Gasteiger partial charge in [-0.25, -0.2) is 0 Å². The van der Waals surface area contributed by atoms with Crippen molar-refractivity contribution in [3.8, 4) is 11.5 Å². The van der Waals surface area contributed by atoms with Crippen LogP contribution >= 0.6 is 11.3 Å². The number of amides is 3. The number of nitrogen functional groups attached to an aromatic ring is 1. The first-order valence-electron chi connectivity index (χ1n) is 12.9. The molecule has 2 aromatic carbocycles. The van der Waals surface area contributed by atoms with Crippen molar-refractivity contribution in [1.29, 1.82) is 5.41 Å². The maximum Gasteiger partial charge on any atom is 0.255 e. The van der Waals surface area contributed by atoms with Crippen molar-refractivity contribution in [3.05, 3.63) is 81.5 Å². The number of nitrogens with zero attached hydrogens (tertiary/aromatic N) is 2. The normalized spacial score (nSPS) is 22.8. The number of carbonyl (C=O) groups excluding carboxylic acids is 3. The lowest BCUT2D eigenvalue weighted by Crippen LogP contribution is -2.50. The van der Waals surface area contributed by atoms with Crippen LogP contribution in [0.3, 0.4) is 0 Å². The van der Waals surface area contributed by atoms with Crippen LogP contribution in [0.5, 0.6) is 11.5 Å². The number of likely N-dealkylation sites (tertiary alicyclic amines) is 1. The summed E-state index contributed by atoms with van der Waals surface area (Å²) in [6.45, 7) is 2.68. The van der Waals surface area contributed by atoms with Crippen molar-refractivity contribution in [3.63, 3.8) is 0 Å². The van der Waals surface area contributed by atoms with Crippen LogP contribution < -0.4 is 15.8 Å². The lowest BCUT2D eigenvalue weighted by atomic mass is 10.0. The average molecular weight is 544 g/mol. The van der Waals surface area contributed by atoms with Crippen molar-refractivity contribution in [2.75, 3.05) is 6.54 Å². The Morgan fingerprint density at radius 3 is 2.69 bits per heavy atom.